The third-order valence-corrected chi connectivity index (χ3v) is 4.89. The van der Waals surface area contributed by atoms with Gasteiger partial charge in [-0.2, -0.15) is 5.10 Å². The average Bonchev–Trinajstić information content (AvgIpc) is 3.30. The van der Waals surface area contributed by atoms with E-state index in [0.29, 0.717) is 13.0 Å². The van der Waals surface area contributed by atoms with E-state index < -0.39 is 0 Å². The van der Waals surface area contributed by atoms with Crippen molar-refractivity contribution < 1.29 is 4.79 Å². The third-order valence-electron chi connectivity index (χ3n) is 4.89. The molecule has 0 aliphatic carbocycles. The molecule has 0 radical (unpaired) electrons. The first-order valence-corrected chi connectivity index (χ1v) is 8.70. The molecule has 132 valence electrons. The molecule has 0 spiro atoms. The van der Waals surface area contributed by atoms with Gasteiger partial charge in [0, 0.05) is 50.8 Å². The zero-order valence-corrected chi connectivity index (χ0v) is 14.6. The molecule has 1 aliphatic heterocycles. The summed E-state index contributed by atoms with van der Waals surface area (Å²) in [6.07, 6.45) is 7.78. The summed E-state index contributed by atoms with van der Waals surface area (Å²) in [5, 5.41) is 7.79. The highest BCUT2D eigenvalue weighted by molar-refractivity contribution is 5.80. The number of aromatic nitrogens is 3. The van der Waals surface area contributed by atoms with Crippen LogP contribution >= 0.6 is 0 Å². The van der Waals surface area contributed by atoms with Gasteiger partial charge < -0.3 is 10.2 Å². The Morgan fingerprint density at radius 3 is 2.69 bits per heavy atom. The van der Waals surface area contributed by atoms with Crippen LogP contribution in [0.2, 0.25) is 0 Å². The molecule has 2 atom stereocenters. The molecule has 0 saturated carbocycles. The van der Waals surface area contributed by atoms with E-state index in [1.54, 1.807) is 12.4 Å². The van der Waals surface area contributed by atoms with E-state index in [1.807, 2.05) is 47.2 Å². The number of hydrogen-bond donors (Lipinski definition) is 1. The van der Waals surface area contributed by atoms with Crippen molar-refractivity contribution in [2.24, 2.45) is 0 Å². The van der Waals surface area contributed by atoms with E-state index in [-0.39, 0.29) is 18.0 Å². The highest BCUT2D eigenvalue weighted by Gasteiger charge is 2.38. The highest BCUT2D eigenvalue weighted by Crippen LogP contribution is 2.31. The van der Waals surface area contributed by atoms with Crippen LogP contribution in [0.15, 0.2) is 67.3 Å². The molecule has 2 aromatic heterocycles. The summed E-state index contributed by atoms with van der Waals surface area (Å²) in [4.78, 5) is 18.2. The van der Waals surface area contributed by atoms with E-state index in [1.165, 1.54) is 5.56 Å². The third kappa shape index (κ3) is 3.23. The maximum atomic E-state index is 12.2. The minimum atomic E-state index is 0.0135. The van der Waals surface area contributed by atoms with Crippen molar-refractivity contribution in [2.75, 3.05) is 7.05 Å². The van der Waals surface area contributed by atoms with Gasteiger partial charge in [-0.25, -0.2) is 4.68 Å². The number of rotatable bonds is 5. The lowest BCUT2D eigenvalue weighted by molar-refractivity contribution is -0.127. The van der Waals surface area contributed by atoms with Crippen molar-refractivity contribution in [3.63, 3.8) is 0 Å². The quantitative estimate of drug-likeness (QED) is 0.769. The van der Waals surface area contributed by atoms with Crippen molar-refractivity contribution >= 4 is 5.91 Å². The van der Waals surface area contributed by atoms with Crippen LogP contribution < -0.4 is 5.32 Å². The standard InChI is InChI=1S/C20H21N5O/c1-24-19(26)12-18(20(24)16-4-2-9-21-14-16)22-13-15-5-7-17(8-6-15)25-11-3-10-23-25/h2-11,14,18,20,22H,12-13H2,1H3/t18-,20+/m1/s1. The van der Waals surface area contributed by atoms with Crippen molar-refractivity contribution in [1.82, 2.24) is 25.0 Å². The van der Waals surface area contributed by atoms with Crippen LogP contribution in [0.5, 0.6) is 0 Å². The first kappa shape index (κ1) is 16.5. The van der Waals surface area contributed by atoms with Gasteiger partial charge in [0.2, 0.25) is 5.91 Å². The fraction of sp³-hybridized carbons (Fsp3) is 0.250. The fourth-order valence-corrected chi connectivity index (χ4v) is 3.50. The Balaban J connectivity index is 1.45. The molecule has 1 saturated heterocycles. The monoisotopic (exact) mass is 347 g/mol. The lowest BCUT2D eigenvalue weighted by Crippen LogP contribution is -2.34. The summed E-state index contributed by atoms with van der Waals surface area (Å²) in [5.74, 6) is 0.158. The molecule has 3 heterocycles. The Bertz CT molecular complexity index is 861. The molecule has 3 aromatic rings. The zero-order chi connectivity index (χ0) is 17.9. The van der Waals surface area contributed by atoms with Crippen LogP contribution in [-0.4, -0.2) is 38.7 Å². The molecule has 0 bridgehead atoms. The second kappa shape index (κ2) is 7.09. The Morgan fingerprint density at radius 2 is 2.00 bits per heavy atom. The van der Waals surface area contributed by atoms with E-state index in [2.05, 4.69) is 39.7 Å². The summed E-state index contributed by atoms with van der Waals surface area (Å²) in [6, 6.07) is 14.2. The SMILES string of the molecule is CN1C(=O)C[C@@H](NCc2ccc(-n3cccn3)cc2)[C@@H]1c1cccnc1. The minimum Gasteiger partial charge on any atom is -0.337 e. The number of amides is 1. The predicted octanol–water partition coefficient (Wildman–Crippen LogP) is 2.33. The van der Waals surface area contributed by atoms with E-state index in [9.17, 15) is 4.79 Å². The number of likely N-dealkylation sites (N-methyl/N-ethyl adjacent to an activating group) is 1. The number of hydrogen-bond acceptors (Lipinski definition) is 4. The van der Waals surface area contributed by atoms with Gasteiger partial charge in [-0.15, -0.1) is 0 Å². The van der Waals surface area contributed by atoms with Gasteiger partial charge in [-0.3, -0.25) is 9.78 Å². The van der Waals surface area contributed by atoms with Crippen molar-refractivity contribution in [3.8, 4) is 5.69 Å². The average molecular weight is 347 g/mol. The number of benzene rings is 1. The number of nitrogens with one attached hydrogen (secondary N) is 1. The van der Waals surface area contributed by atoms with Gasteiger partial charge in [-0.1, -0.05) is 18.2 Å². The van der Waals surface area contributed by atoms with Gasteiger partial charge in [0.25, 0.3) is 0 Å². The number of likely N-dealkylation sites (tertiary alicyclic amines) is 1. The van der Waals surface area contributed by atoms with E-state index in [4.69, 9.17) is 0 Å². The molecular formula is C20H21N5O. The summed E-state index contributed by atoms with van der Waals surface area (Å²) in [5.41, 5.74) is 3.27. The summed E-state index contributed by atoms with van der Waals surface area (Å²) in [6.45, 7) is 0.710. The van der Waals surface area contributed by atoms with Crippen LogP contribution in [0.4, 0.5) is 0 Å². The minimum absolute atomic E-state index is 0.0135. The maximum absolute atomic E-state index is 12.2. The smallest absolute Gasteiger partial charge is 0.224 e. The summed E-state index contributed by atoms with van der Waals surface area (Å²) < 4.78 is 1.83. The molecule has 4 rings (SSSR count). The number of carbonyl (C=O) groups is 1. The van der Waals surface area contributed by atoms with Crippen LogP contribution in [-0.2, 0) is 11.3 Å². The normalized spacial score (nSPS) is 19.9. The Labute approximate surface area is 152 Å². The second-order valence-electron chi connectivity index (χ2n) is 6.54. The molecule has 6 nitrogen and oxygen atoms in total. The molecule has 1 fully saturated rings. The Kier molecular flexibility index (Phi) is 4.50. The molecule has 1 aliphatic rings. The van der Waals surface area contributed by atoms with E-state index in [0.717, 1.165) is 11.3 Å². The summed E-state index contributed by atoms with van der Waals surface area (Å²) in [7, 11) is 1.86. The van der Waals surface area contributed by atoms with Gasteiger partial charge in [0.1, 0.15) is 0 Å². The van der Waals surface area contributed by atoms with Gasteiger partial charge in [0.15, 0.2) is 0 Å². The lowest BCUT2D eigenvalue weighted by Gasteiger charge is -2.25. The molecule has 0 unspecified atom stereocenters. The van der Waals surface area contributed by atoms with Crippen molar-refractivity contribution in [3.05, 3.63) is 78.4 Å². The van der Waals surface area contributed by atoms with Crippen molar-refractivity contribution in [1.29, 1.82) is 0 Å². The summed E-state index contributed by atoms with van der Waals surface area (Å²) >= 11 is 0. The molecular weight excluding hydrogens is 326 g/mol. The number of carbonyl (C=O) groups excluding carboxylic acids is 1. The van der Waals surface area contributed by atoms with Crippen molar-refractivity contribution in [2.45, 2.75) is 25.0 Å². The van der Waals surface area contributed by atoms with E-state index >= 15 is 0 Å². The van der Waals surface area contributed by atoms with Gasteiger partial charge >= 0.3 is 0 Å². The largest absolute Gasteiger partial charge is 0.337 e. The predicted molar refractivity (Wildman–Crippen MR) is 98.6 cm³/mol. The van der Waals surface area contributed by atoms with Crippen LogP contribution in [0.1, 0.15) is 23.6 Å². The number of pyridine rings is 1. The Morgan fingerprint density at radius 1 is 1.15 bits per heavy atom. The molecule has 26 heavy (non-hydrogen) atoms. The van der Waals surface area contributed by atoms with Crippen LogP contribution in [0, 0.1) is 0 Å². The molecule has 1 N–H and O–H groups in total. The highest BCUT2D eigenvalue weighted by atomic mass is 16.2. The molecule has 1 aromatic carbocycles. The fourth-order valence-electron chi connectivity index (χ4n) is 3.50. The maximum Gasteiger partial charge on any atom is 0.224 e. The first-order chi connectivity index (χ1) is 12.7. The number of nitrogens with zero attached hydrogens (tertiary/aromatic N) is 4. The molecule has 6 heteroatoms. The van der Waals surface area contributed by atoms with Crippen LogP contribution in [0.25, 0.3) is 5.69 Å². The molecule has 1 amide bonds. The van der Waals surface area contributed by atoms with Crippen LogP contribution in [0.3, 0.4) is 0 Å². The second-order valence-corrected chi connectivity index (χ2v) is 6.54. The Hall–Kier alpha value is -2.99. The first-order valence-electron chi connectivity index (χ1n) is 8.70. The topological polar surface area (TPSA) is 63.1 Å². The zero-order valence-electron chi connectivity index (χ0n) is 14.6. The van der Waals surface area contributed by atoms with Gasteiger partial charge in [0.05, 0.1) is 11.7 Å². The lowest BCUT2D eigenvalue weighted by atomic mass is 10.0. The van der Waals surface area contributed by atoms with Gasteiger partial charge in [-0.05, 0) is 35.4 Å².